The van der Waals surface area contributed by atoms with Gasteiger partial charge in [-0.25, -0.2) is 4.68 Å². The van der Waals surface area contributed by atoms with E-state index >= 15 is 0 Å². The second-order valence-electron chi connectivity index (χ2n) is 6.50. The van der Waals surface area contributed by atoms with Gasteiger partial charge in [0.15, 0.2) is 0 Å². The molecule has 4 aromatic rings. The Bertz CT molecular complexity index is 1170. The Morgan fingerprint density at radius 2 is 1.72 bits per heavy atom. The van der Waals surface area contributed by atoms with E-state index in [1.807, 2.05) is 54.8 Å². The molecule has 2 aromatic heterocycles. The van der Waals surface area contributed by atoms with Crippen molar-refractivity contribution in [3.05, 3.63) is 100 Å². The largest absolute Gasteiger partial charge is 0.268 e. The number of nitrogens with zero attached hydrogens (tertiary/aromatic N) is 3. The molecule has 0 spiro atoms. The molecule has 2 heterocycles. The van der Waals surface area contributed by atoms with Gasteiger partial charge in [-0.1, -0.05) is 41.9 Å². The first-order chi connectivity index (χ1) is 14.1. The number of aromatic nitrogens is 3. The molecule has 0 aliphatic carbocycles. The van der Waals surface area contributed by atoms with Crippen LogP contribution in [-0.2, 0) is 6.54 Å². The fraction of sp³-hybridized carbons (Fsp3) is 0.0870. The zero-order valence-electron chi connectivity index (χ0n) is 15.7. The minimum absolute atomic E-state index is 0.164. The second kappa shape index (κ2) is 8.64. The third kappa shape index (κ3) is 4.42. The number of halogens is 1. The number of hydrogen-bond donors (Lipinski definition) is 0. The third-order valence-corrected chi connectivity index (χ3v) is 5.57. The average Bonchev–Trinajstić information content (AvgIpc) is 2.76. The fourth-order valence-electron chi connectivity index (χ4n) is 3.08. The van der Waals surface area contributed by atoms with Gasteiger partial charge in [-0.05, 0) is 47.7 Å². The van der Waals surface area contributed by atoms with Crippen molar-refractivity contribution in [3.63, 3.8) is 0 Å². The highest BCUT2D eigenvalue weighted by molar-refractivity contribution is 7.98. The van der Waals surface area contributed by atoms with E-state index in [4.69, 9.17) is 16.7 Å². The van der Waals surface area contributed by atoms with Crippen LogP contribution in [0, 0.1) is 0 Å². The average molecular weight is 420 g/mol. The van der Waals surface area contributed by atoms with E-state index in [1.54, 1.807) is 30.2 Å². The van der Waals surface area contributed by atoms with Gasteiger partial charge in [0.2, 0.25) is 0 Å². The summed E-state index contributed by atoms with van der Waals surface area (Å²) in [5.41, 5.74) is 4.15. The molecule has 6 heteroatoms. The molecule has 29 heavy (non-hydrogen) atoms. The molecule has 0 N–H and O–H groups in total. The van der Waals surface area contributed by atoms with Crippen LogP contribution in [0.1, 0.15) is 5.56 Å². The van der Waals surface area contributed by atoms with Crippen molar-refractivity contribution in [1.82, 2.24) is 14.8 Å². The van der Waals surface area contributed by atoms with Crippen molar-refractivity contribution in [2.45, 2.75) is 11.4 Å². The Morgan fingerprint density at radius 3 is 2.38 bits per heavy atom. The van der Waals surface area contributed by atoms with Crippen LogP contribution in [0.2, 0.25) is 5.02 Å². The molecule has 144 valence electrons. The van der Waals surface area contributed by atoms with Gasteiger partial charge in [0.1, 0.15) is 0 Å². The standard InChI is InChI=1S/C23H18ClN3OS/c1-29-20-10-6-18(7-11-20)23-21(17-4-8-19(24)9-5-17)13-22(28)27(26-23)15-16-3-2-12-25-14-16/h2-14H,15H2,1H3. The summed E-state index contributed by atoms with van der Waals surface area (Å²) in [6, 6.07) is 21.1. The van der Waals surface area contributed by atoms with E-state index < -0.39 is 0 Å². The van der Waals surface area contributed by atoms with Gasteiger partial charge in [0.05, 0.1) is 12.2 Å². The molecule has 0 fully saturated rings. The van der Waals surface area contributed by atoms with Crippen molar-refractivity contribution in [3.8, 4) is 22.4 Å². The van der Waals surface area contributed by atoms with E-state index in [9.17, 15) is 4.79 Å². The summed E-state index contributed by atoms with van der Waals surface area (Å²) in [6.45, 7) is 0.365. The van der Waals surface area contributed by atoms with Crippen molar-refractivity contribution >= 4 is 23.4 Å². The first kappa shape index (κ1) is 19.4. The molecule has 0 amide bonds. The van der Waals surface area contributed by atoms with Crippen molar-refractivity contribution < 1.29 is 0 Å². The Hall–Kier alpha value is -2.89. The summed E-state index contributed by atoms with van der Waals surface area (Å²) in [7, 11) is 0. The minimum Gasteiger partial charge on any atom is -0.268 e. The molecular formula is C23H18ClN3OS. The SMILES string of the molecule is CSc1ccc(-c2nn(Cc3cccnc3)c(=O)cc2-c2ccc(Cl)cc2)cc1. The van der Waals surface area contributed by atoms with Crippen molar-refractivity contribution in [2.75, 3.05) is 6.26 Å². The molecule has 0 saturated carbocycles. The van der Waals surface area contributed by atoms with Gasteiger partial charge in [0.25, 0.3) is 5.56 Å². The maximum absolute atomic E-state index is 12.8. The Kier molecular flexibility index (Phi) is 5.79. The molecule has 0 bridgehead atoms. The number of hydrogen-bond acceptors (Lipinski definition) is 4. The van der Waals surface area contributed by atoms with Gasteiger partial charge >= 0.3 is 0 Å². The Labute approximate surface area is 178 Å². The summed E-state index contributed by atoms with van der Waals surface area (Å²) in [4.78, 5) is 18.1. The normalized spacial score (nSPS) is 10.8. The van der Waals surface area contributed by atoms with Crippen molar-refractivity contribution in [1.29, 1.82) is 0 Å². The van der Waals surface area contributed by atoms with Crippen molar-refractivity contribution in [2.24, 2.45) is 0 Å². The van der Waals surface area contributed by atoms with Gasteiger partial charge in [0, 0.05) is 39.5 Å². The van der Waals surface area contributed by atoms with Crippen LogP contribution < -0.4 is 5.56 Å². The smallest absolute Gasteiger partial charge is 0.267 e. The van der Waals surface area contributed by atoms with E-state index in [2.05, 4.69) is 17.1 Å². The van der Waals surface area contributed by atoms with Crippen LogP contribution in [0.3, 0.4) is 0 Å². The van der Waals surface area contributed by atoms with Gasteiger partial charge < -0.3 is 0 Å². The maximum atomic E-state index is 12.8. The second-order valence-corrected chi connectivity index (χ2v) is 7.82. The highest BCUT2D eigenvalue weighted by Gasteiger charge is 2.14. The molecule has 0 aliphatic heterocycles. The monoisotopic (exact) mass is 419 g/mol. The van der Waals surface area contributed by atoms with E-state index in [1.165, 1.54) is 9.58 Å². The number of benzene rings is 2. The lowest BCUT2D eigenvalue weighted by Crippen LogP contribution is -2.24. The first-order valence-corrected chi connectivity index (χ1v) is 10.7. The van der Waals surface area contributed by atoms with E-state index in [-0.39, 0.29) is 5.56 Å². The molecule has 0 saturated heterocycles. The molecule has 4 rings (SSSR count). The number of pyridine rings is 1. The summed E-state index contributed by atoms with van der Waals surface area (Å²) in [6.07, 6.45) is 5.50. The molecule has 0 atom stereocenters. The Morgan fingerprint density at radius 1 is 1.00 bits per heavy atom. The predicted octanol–water partition coefficient (Wildman–Crippen LogP) is 5.40. The highest BCUT2D eigenvalue weighted by atomic mass is 35.5. The summed E-state index contributed by atoms with van der Waals surface area (Å²) >= 11 is 7.73. The fourth-order valence-corrected chi connectivity index (χ4v) is 3.61. The molecule has 4 nitrogen and oxygen atoms in total. The minimum atomic E-state index is -0.164. The van der Waals surface area contributed by atoms with Crippen LogP contribution in [-0.4, -0.2) is 21.0 Å². The Balaban J connectivity index is 1.86. The molecule has 0 aliphatic rings. The summed E-state index contributed by atoms with van der Waals surface area (Å²) < 4.78 is 1.48. The molecular weight excluding hydrogens is 402 g/mol. The van der Waals surface area contributed by atoms with Crippen LogP contribution in [0.25, 0.3) is 22.4 Å². The van der Waals surface area contributed by atoms with Crippen LogP contribution in [0.4, 0.5) is 0 Å². The van der Waals surface area contributed by atoms with Gasteiger partial charge in [-0.3, -0.25) is 9.78 Å². The number of rotatable bonds is 5. The van der Waals surface area contributed by atoms with E-state index in [0.29, 0.717) is 11.6 Å². The highest BCUT2D eigenvalue weighted by Crippen LogP contribution is 2.31. The third-order valence-electron chi connectivity index (χ3n) is 4.57. The summed E-state index contributed by atoms with van der Waals surface area (Å²) in [5, 5.41) is 5.38. The molecule has 0 radical (unpaired) electrons. The number of thioether (sulfide) groups is 1. The zero-order valence-corrected chi connectivity index (χ0v) is 17.3. The molecule has 0 unspecified atom stereocenters. The van der Waals surface area contributed by atoms with Gasteiger partial charge in [-0.15, -0.1) is 11.8 Å². The topological polar surface area (TPSA) is 47.8 Å². The van der Waals surface area contributed by atoms with Gasteiger partial charge in [-0.2, -0.15) is 5.10 Å². The maximum Gasteiger partial charge on any atom is 0.267 e. The lowest BCUT2D eigenvalue weighted by Gasteiger charge is -2.13. The quantitative estimate of drug-likeness (QED) is 0.406. The molecule has 2 aromatic carbocycles. The lowest BCUT2D eigenvalue weighted by molar-refractivity contribution is 0.642. The predicted molar refractivity (Wildman–Crippen MR) is 119 cm³/mol. The van der Waals surface area contributed by atoms with Crippen LogP contribution in [0.5, 0.6) is 0 Å². The van der Waals surface area contributed by atoms with Crippen LogP contribution >= 0.6 is 23.4 Å². The van der Waals surface area contributed by atoms with Crippen LogP contribution in [0.15, 0.2) is 88.8 Å². The zero-order chi connectivity index (χ0) is 20.2. The lowest BCUT2D eigenvalue weighted by atomic mass is 10.00. The first-order valence-electron chi connectivity index (χ1n) is 9.05. The summed E-state index contributed by atoms with van der Waals surface area (Å²) in [5.74, 6) is 0. The van der Waals surface area contributed by atoms with E-state index in [0.717, 1.165) is 27.9 Å².